The van der Waals surface area contributed by atoms with Crippen molar-refractivity contribution in [3.8, 4) is 5.75 Å². The fourth-order valence-electron chi connectivity index (χ4n) is 1.07. The van der Waals surface area contributed by atoms with Crippen LogP contribution in [0.15, 0.2) is 29.0 Å². The maximum atomic E-state index is 11.5. The van der Waals surface area contributed by atoms with Crippen molar-refractivity contribution >= 4 is 26.4 Å². The van der Waals surface area contributed by atoms with Gasteiger partial charge in [0.15, 0.2) is 0 Å². The lowest BCUT2D eigenvalue weighted by Crippen LogP contribution is -2.17. The van der Waals surface area contributed by atoms with Gasteiger partial charge in [-0.15, -0.1) is 0 Å². The summed E-state index contributed by atoms with van der Waals surface area (Å²) < 4.78 is 8.75. The Balaban J connectivity index is 2.75. The van der Waals surface area contributed by atoms with Crippen LogP contribution in [0, 0.1) is 11.1 Å². The van der Waals surface area contributed by atoms with Gasteiger partial charge in [0.25, 0.3) is 0 Å². The highest BCUT2D eigenvalue weighted by Gasteiger charge is 2.07. The van der Waals surface area contributed by atoms with E-state index in [0.717, 1.165) is 0 Å². The third-order valence-electron chi connectivity index (χ3n) is 1.98. The Hall–Kier alpha value is -1.61. The second kappa shape index (κ2) is 6.21. The molecule has 0 aliphatic carbocycles. The van der Waals surface area contributed by atoms with E-state index in [1.54, 1.807) is 24.3 Å². The number of carbonyl (C=O) groups excluding carboxylic acids is 1. The summed E-state index contributed by atoms with van der Waals surface area (Å²) in [5.41, 5.74) is 0.653. The van der Waals surface area contributed by atoms with Crippen LogP contribution in [0.2, 0.25) is 0 Å². The molecule has 92 valence electrons. The van der Waals surface area contributed by atoms with E-state index in [1.165, 1.54) is 0 Å². The van der Waals surface area contributed by atoms with Gasteiger partial charge in [-0.25, -0.2) is 4.76 Å². The Bertz CT molecular complexity index is 446. The van der Waals surface area contributed by atoms with Crippen molar-refractivity contribution in [2.45, 2.75) is 13.8 Å². The molecule has 6 heteroatoms. The number of anilines is 1. The van der Waals surface area contributed by atoms with Crippen LogP contribution in [0.25, 0.3) is 0 Å². The summed E-state index contributed by atoms with van der Waals surface area (Å²) in [4.78, 5) is 11.5. The minimum atomic E-state index is -1.99. The van der Waals surface area contributed by atoms with E-state index < -0.39 is 8.09 Å². The number of hydrogen-bond acceptors (Lipinski definition) is 3. The first-order valence-corrected chi connectivity index (χ1v) is 6.52. The molecule has 1 aromatic carbocycles. The van der Waals surface area contributed by atoms with E-state index in [-0.39, 0.29) is 11.8 Å². The highest BCUT2D eigenvalue weighted by atomic mass is 31.1. The van der Waals surface area contributed by atoms with Gasteiger partial charge in [0.2, 0.25) is 14.0 Å². The molecule has 1 aromatic rings. The predicted molar refractivity (Wildman–Crippen MR) is 71.1 cm³/mol. The molecule has 2 N–H and O–H groups in total. The van der Waals surface area contributed by atoms with Gasteiger partial charge in [0, 0.05) is 17.7 Å². The van der Waals surface area contributed by atoms with Gasteiger partial charge in [-0.1, -0.05) is 19.9 Å². The number of nitrogens with one attached hydrogen (secondary N) is 2. The Morgan fingerprint density at radius 2 is 2.29 bits per heavy atom. The molecule has 0 spiro atoms. The first kappa shape index (κ1) is 13.5. The minimum absolute atomic E-state index is 0.0552. The molecule has 1 amide bonds. The monoisotopic (exact) mass is 253 g/mol. The topological polar surface area (TPSA) is 74.5 Å². The summed E-state index contributed by atoms with van der Waals surface area (Å²) in [6.45, 7) is 6.91. The van der Waals surface area contributed by atoms with Crippen molar-refractivity contribution in [3.05, 3.63) is 24.3 Å². The van der Waals surface area contributed by atoms with Crippen LogP contribution < -0.4 is 9.84 Å². The van der Waals surface area contributed by atoms with Crippen LogP contribution >= 0.6 is 8.09 Å². The largest absolute Gasteiger partial charge is 0.444 e. The molecule has 17 heavy (non-hydrogen) atoms. The van der Waals surface area contributed by atoms with Crippen LogP contribution in [0.4, 0.5) is 5.69 Å². The van der Waals surface area contributed by atoms with E-state index in [1.807, 2.05) is 13.8 Å². The molecule has 0 heterocycles. The van der Waals surface area contributed by atoms with Crippen LogP contribution in [0.1, 0.15) is 13.8 Å². The minimum Gasteiger partial charge on any atom is -0.444 e. The van der Waals surface area contributed by atoms with Crippen LogP contribution in [-0.2, 0) is 4.79 Å². The van der Waals surface area contributed by atoms with Crippen molar-refractivity contribution in [2.24, 2.45) is 10.7 Å². The fourth-order valence-corrected chi connectivity index (χ4v) is 1.48. The molecule has 5 nitrogen and oxygen atoms in total. The van der Waals surface area contributed by atoms with Gasteiger partial charge in [-0.3, -0.25) is 9.96 Å². The zero-order valence-electron chi connectivity index (χ0n) is 9.86. The fraction of sp³-hybridized carbons (Fsp3) is 0.273. The van der Waals surface area contributed by atoms with Gasteiger partial charge in [0.1, 0.15) is 5.75 Å². The number of hydrogen-bond donors (Lipinski definition) is 2. The third kappa shape index (κ3) is 4.41. The van der Waals surface area contributed by atoms with E-state index in [4.69, 9.17) is 9.69 Å². The first-order chi connectivity index (χ1) is 8.02. The lowest BCUT2D eigenvalue weighted by atomic mass is 10.2. The molecule has 0 radical (unpaired) electrons. The Morgan fingerprint density at radius 1 is 1.59 bits per heavy atom. The number of amides is 1. The van der Waals surface area contributed by atoms with Crippen molar-refractivity contribution < 1.29 is 9.32 Å². The SMILES string of the molecule is C=N[PH](=N)Oc1cccc(NC(=O)C(C)C)c1. The molecule has 0 aliphatic rings. The van der Waals surface area contributed by atoms with Gasteiger partial charge in [-0.05, 0) is 18.9 Å². The number of rotatable bonds is 5. The van der Waals surface area contributed by atoms with E-state index in [9.17, 15) is 4.79 Å². The smallest absolute Gasteiger partial charge is 0.230 e. The van der Waals surface area contributed by atoms with E-state index in [0.29, 0.717) is 11.4 Å². The molecular weight excluding hydrogens is 237 g/mol. The second-order valence-corrected chi connectivity index (χ2v) is 4.87. The van der Waals surface area contributed by atoms with Crippen molar-refractivity contribution in [1.29, 1.82) is 5.16 Å². The summed E-state index contributed by atoms with van der Waals surface area (Å²) >= 11 is 0. The van der Waals surface area contributed by atoms with Crippen LogP contribution in [-0.4, -0.2) is 12.6 Å². The molecule has 1 rings (SSSR count). The Kier molecular flexibility index (Phi) is 4.91. The van der Waals surface area contributed by atoms with Crippen molar-refractivity contribution in [2.75, 3.05) is 5.32 Å². The number of carbonyl (C=O) groups is 1. The molecule has 0 saturated carbocycles. The molecule has 0 fully saturated rings. The third-order valence-corrected chi connectivity index (χ3v) is 2.70. The highest BCUT2D eigenvalue weighted by Crippen LogP contribution is 2.29. The van der Waals surface area contributed by atoms with Gasteiger partial charge >= 0.3 is 0 Å². The first-order valence-electron chi connectivity index (χ1n) is 5.17. The Labute approximate surface area is 101 Å². The van der Waals surface area contributed by atoms with Gasteiger partial charge < -0.3 is 9.84 Å². The highest BCUT2D eigenvalue weighted by molar-refractivity contribution is 7.39. The average molecular weight is 253 g/mol. The second-order valence-electron chi connectivity index (χ2n) is 3.74. The standard InChI is InChI=1S/C11H16N3O2P/c1-8(2)11(15)14-9-5-4-6-10(7-9)16-17(12)13-3/h4-8,12,17H,3H2,1-2H3,(H,14,15). The molecule has 1 atom stereocenters. The maximum Gasteiger partial charge on any atom is 0.230 e. The summed E-state index contributed by atoms with van der Waals surface area (Å²) in [7, 11) is -1.99. The lowest BCUT2D eigenvalue weighted by Gasteiger charge is -2.09. The summed E-state index contributed by atoms with van der Waals surface area (Å²) in [5.74, 6) is 0.383. The molecule has 1 unspecified atom stereocenters. The Morgan fingerprint density at radius 3 is 2.88 bits per heavy atom. The maximum absolute atomic E-state index is 11.5. The summed E-state index contributed by atoms with van der Waals surface area (Å²) in [6.07, 6.45) is 0. The molecule has 0 saturated heterocycles. The van der Waals surface area contributed by atoms with Gasteiger partial charge in [-0.2, -0.15) is 0 Å². The van der Waals surface area contributed by atoms with Gasteiger partial charge in [0.05, 0.1) is 0 Å². The van der Waals surface area contributed by atoms with E-state index in [2.05, 4.69) is 16.8 Å². The normalized spacial score (nSPS) is 11.9. The molecule has 0 aliphatic heterocycles. The van der Waals surface area contributed by atoms with Crippen molar-refractivity contribution in [1.82, 2.24) is 0 Å². The van der Waals surface area contributed by atoms with E-state index >= 15 is 0 Å². The molecule has 0 aromatic heterocycles. The number of benzene rings is 1. The molecule has 0 bridgehead atoms. The van der Waals surface area contributed by atoms with Crippen molar-refractivity contribution in [3.63, 3.8) is 0 Å². The number of nitrogens with zero attached hydrogens (tertiary/aromatic N) is 1. The molecular formula is C11H16N3O2P. The summed E-state index contributed by atoms with van der Waals surface area (Å²) in [6, 6.07) is 6.91. The summed E-state index contributed by atoms with van der Waals surface area (Å²) in [5, 5.41) is 10.2. The quantitative estimate of drug-likeness (QED) is 0.624. The predicted octanol–water partition coefficient (Wildman–Crippen LogP) is 3.17. The van der Waals surface area contributed by atoms with Crippen LogP contribution in [0.3, 0.4) is 0 Å². The average Bonchev–Trinajstić information content (AvgIpc) is 2.29. The lowest BCUT2D eigenvalue weighted by molar-refractivity contribution is -0.118. The zero-order chi connectivity index (χ0) is 12.8. The zero-order valence-corrected chi connectivity index (χ0v) is 10.9. The van der Waals surface area contributed by atoms with Crippen LogP contribution in [0.5, 0.6) is 5.75 Å².